The Morgan fingerprint density at radius 2 is 1.89 bits per heavy atom. The van der Waals surface area contributed by atoms with Gasteiger partial charge in [0, 0.05) is 37.1 Å². The quantitative estimate of drug-likeness (QED) is 0.331. The molecule has 1 fully saturated rings. The number of hydrogen-bond acceptors (Lipinski definition) is 10. The third-order valence-electron chi connectivity index (χ3n) is 5.97. The average Bonchev–Trinajstić information content (AvgIpc) is 3.71. The fraction of sp³-hybridized carbons (Fsp3) is 0.320. The van der Waals surface area contributed by atoms with Crippen LogP contribution in [0.15, 0.2) is 53.5 Å². The Kier molecular flexibility index (Phi) is 7.15. The summed E-state index contributed by atoms with van der Waals surface area (Å²) in [5, 5.41) is 10.3. The number of benzene rings is 1. The smallest absolute Gasteiger partial charge is 0.278 e. The average molecular weight is 505 g/mol. The van der Waals surface area contributed by atoms with Gasteiger partial charge in [-0.05, 0) is 25.0 Å². The first kappa shape index (κ1) is 24.1. The number of rotatable bonds is 10. The summed E-state index contributed by atoms with van der Waals surface area (Å²) in [6.45, 7) is 3.07. The van der Waals surface area contributed by atoms with E-state index >= 15 is 0 Å². The first-order valence-corrected chi connectivity index (χ1v) is 12.0. The van der Waals surface area contributed by atoms with Crippen LogP contribution in [0, 0.1) is 0 Å². The van der Waals surface area contributed by atoms with Crippen molar-refractivity contribution in [1.29, 1.82) is 0 Å². The van der Waals surface area contributed by atoms with Crippen LogP contribution in [0.2, 0.25) is 0 Å². The highest BCUT2D eigenvalue weighted by Gasteiger charge is 2.20. The Morgan fingerprint density at radius 1 is 1.11 bits per heavy atom. The normalized spacial score (nSPS) is 13.0. The third kappa shape index (κ3) is 5.63. The molecule has 1 aliphatic rings. The van der Waals surface area contributed by atoms with Crippen LogP contribution in [0.4, 0.5) is 17.3 Å². The Bertz CT molecular complexity index is 1340. The summed E-state index contributed by atoms with van der Waals surface area (Å²) in [7, 11) is 3.05. The number of aromatic nitrogens is 5. The molecule has 0 atom stereocenters. The van der Waals surface area contributed by atoms with Crippen LogP contribution in [-0.2, 0) is 6.54 Å². The molecule has 1 aromatic carbocycles. The van der Waals surface area contributed by atoms with Crippen LogP contribution in [0.3, 0.4) is 0 Å². The molecule has 0 bridgehead atoms. The number of carbonyl (C=O) groups is 1. The van der Waals surface area contributed by atoms with E-state index in [9.17, 15) is 4.79 Å². The van der Waals surface area contributed by atoms with Gasteiger partial charge in [0.25, 0.3) is 5.91 Å². The second-order valence-electron chi connectivity index (χ2n) is 8.42. The van der Waals surface area contributed by atoms with Crippen molar-refractivity contribution in [2.75, 3.05) is 49.4 Å². The van der Waals surface area contributed by atoms with Crippen LogP contribution < -0.4 is 25.0 Å². The van der Waals surface area contributed by atoms with Crippen LogP contribution in [0.1, 0.15) is 23.3 Å². The molecule has 4 heterocycles. The van der Waals surface area contributed by atoms with Gasteiger partial charge in [0.15, 0.2) is 17.8 Å². The van der Waals surface area contributed by atoms with Gasteiger partial charge in [-0.3, -0.25) is 9.48 Å². The van der Waals surface area contributed by atoms with Gasteiger partial charge in [-0.15, -0.1) is 0 Å². The topological polar surface area (TPSA) is 132 Å². The van der Waals surface area contributed by atoms with Gasteiger partial charge in [0.2, 0.25) is 17.7 Å². The maximum absolute atomic E-state index is 13.0. The Labute approximate surface area is 213 Å². The molecule has 12 heteroatoms. The minimum absolute atomic E-state index is 0.220. The number of anilines is 3. The first-order chi connectivity index (χ1) is 18.1. The highest BCUT2D eigenvalue weighted by atomic mass is 16.5. The Morgan fingerprint density at radius 3 is 2.65 bits per heavy atom. The lowest BCUT2D eigenvalue weighted by Gasteiger charge is -2.18. The summed E-state index contributed by atoms with van der Waals surface area (Å²) in [6.07, 6.45) is 6.98. The van der Waals surface area contributed by atoms with Crippen molar-refractivity contribution in [1.82, 2.24) is 24.7 Å². The van der Waals surface area contributed by atoms with Crippen molar-refractivity contribution in [3.8, 4) is 23.1 Å². The lowest BCUT2D eigenvalue weighted by Crippen LogP contribution is -2.17. The monoisotopic (exact) mass is 504 g/mol. The SMILES string of the molecule is COc1cc(OC)nc(NCCn2cc(NC(=O)c3ncoc3-c3cccc(N4CCCC4)c3)cn2)n1. The molecule has 37 heavy (non-hydrogen) atoms. The number of hydrogen-bond donors (Lipinski definition) is 2. The molecular weight excluding hydrogens is 476 g/mol. The molecule has 3 aromatic heterocycles. The fourth-order valence-electron chi connectivity index (χ4n) is 4.15. The van der Waals surface area contributed by atoms with Gasteiger partial charge in [0.1, 0.15) is 0 Å². The zero-order valence-electron chi connectivity index (χ0n) is 20.7. The molecule has 4 aromatic rings. The second-order valence-corrected chi connectivity index (χ2v) is 8.42. The maximum Gasteiger partial charge on any atom is 0.278 e. The second kappa shape index (κ2) is 11.0. The number of nitrogens with zero attached hydrogens (tertiary/aromatic N) is 6. The zero-order chi connectivity index (χ0) is 25.6. The van der Waals surface area contributed by atoms with Crippen molar-refractivity contribution < 1.29 is 18.7 Å². The van der Waals surface area contributed by atoms with Gasteiger partial charge in [0.05, 0.1) is 38.7 Å². The van der Waals surface area contributed by atoms with Crippen LogP contribution in [0.5, 0.6) is 11.8 Å². The third-order valence-corrected chi connectivity index (χ3v) is 5.97. The van der Waals surface area contributed by atoms with Crippen molar-refractivity contribution >= 4 is 23.2 Å². The van der Waals surface area contributed by atoms with E-state index in [1.165, 1.54) is 33.5 Å². The summed E-state index contributed by atoms with van der Waals surface area (Å²) in [6, 6.07) is 9.60. The number of amides is 1. The highest BCUT2D eigenvalue weighted by Crippen LogP contribution is 2.29. The highest BCUT2D eigenvalue weighted by molar-refractivity contribution is 6.06. The summed E-state index contributed by atoms with van der Waals surface area (Å²) in [4.78, 5) is 28.0. The van der Waals surface area contributed by atoms with Gasteiger partial charge < -0.3 is 29.4 Å². The van der Waals surface area contributed by atoms with E-state index in [1.807, 2.05) is 18.2 Å². The molecule has 0 aliphatic carbocycles. The molecule has 1 aliphatic heterocycles. The maximum atomic E-state index is 13.0. The lowest BCUT2D eigenvalue weighted by atomic mass is 10.1. The molecule has 0 spiro atoms. The van der Waals surface area contributed by atoms with E-state index in [0.29, 0.717) is 42.2 Å². The number of carbonyl (C=O) groups excluding carboxylic acids is 1. The summed E-state index contributed by atoms with van der Waals surface area (Å²) in [5.41, 5.74) is 2.69. The Balaban J connectivity index is 1.20. The first-order valence-electron chi connectivity index (χ1n) is 12.0. The predicted molar refractivity (Wildman–Crippen MR) is 137 cm³/mol. The number of nitrogens with one attached hydrogen (secondary N) is 2. The lowest BCUT2D eigenvalue weighted by molar-refractivity contribution is 0.102. The minimum Gasteiger partial charge on any atom is -0.481 e. The van der Waals surface area contributed by atoms with Gasteiger partial charge >= 0.3 is 0 Å². The molecule has 5 rings (SSSR count). The largest absolute Gasteiger partial charge is 0.481 e. The van der Waals surface area contributed by atoms with E-state index < -0.39 is 0 Å². The van der Waals surface area contributed by atoms with Crippen LogP contribution in [0.25, 0.3) is 11.3 Å². The van der Waals surface area contributed by atoms with Crippen molar-refractivity contribution in [2.45, 2.75) is 19.4 Å². The summed E-state index contributed by atoms with van der Waals surface area (Å²) < 4.78 is 17.6. The van der Waals surface area contributed by atoms with Crippen LogP contribution in [-0.4, -0.2) is 64.5 Å². The van der Waals surface area contributed by atoms with Gasteiger partial charge in [-0.1, -0.05) is 12.1 Å². The minimum atomic E-state index is -0.370. The molecule has 1 amide bonds. The van der Waals surface area contributed by atoms with E-state index in [1.54, 1.807) is 23.1 Å². The van der Waals surface area contributed by atoms with Gasteiger partial charge in [-0.2, -0.15) is 15.1 Å². The standard InChI is InChI=1S/C25H28N8O4/c1-35-20-13-21(36-2)31-25(30-20)26-8-11-33-15-18(14-28-33)29-24(34)22-23(37-16-27-22)17-6-5-7-19(12-17)32-9-3-4-10-32/h5-7,12-16H,3-4,8-11H2,1-2H3,(H,29,34)(H,26,30,31). The molecule has 0 unspecified atom stereocenters. The molecule has 12 nitrogen and oxygen atoms in total. The van der Waals surface area contributed by atoms with Crippen molar-refractivity contribution in [2.24, 2.45) is 0 Å². The zero-order valence-corrected chi connectivity index (χ0v) is 20.7. The number of methoxy groups -OCH3 is 2. The summed E-state index contributed by atoms with van der Waals surface area (Å²) in [5.74, 6) is 1.24. The molecule has 0 saturated carbocycles. The molecular formula is C25H28N8O4. The number of ether oxygens (including phenoxy) is 2. The van der Waals surface area contributed by atoms with Crippen LogP contribution >= 0.6 is 0 Å². The molecule has 2 N–H and O–H groups in total. The van der Waals surface area contributed by atoms with E-state index in [2.05, 4.69) is 41.7 Å². The van der Waals surface area contributed by atoms with Crippen molar-refractivity contribution in [3.63, 3.8) is 0 Å². The van der Waals surface area contributed by atoms with Crippen molar-refractivity contribution in [3.05, 3.63) is 54.8 Å². The summed E-state index contributed by atoms with van der Waals surface area (Å²) >= 11 is 0. The van der Waals surface area contributed by atoms with Gasteiger partial charge in [-0.25, -0.2) is 4.98 Å². The van der Waals surface area contributed by atoms with E-state index in [4.69, 9.17) is 13.9 Å². The van der Waals surface area contributed by atoms with E-state index in [0.717, 1.165) is 24.3 Å². The fourth-order valence-corrected chi connectivity index (χ4v) is 4.15. The van der Waals surface area contributed by atoms with E-state index in [-0.39, 0.29) is 11.6 Å². The number of oxazole rings is 1. The molecule has 192 valence electrons. The Hall–Kier alpha value is -4.61. The predicted octanol–water partition coefficient (Wildman–Crippen LogP) is 3.31. The molecule has 0 radical (unpaired) electrons. The molecule has 1 saturated heterocycles.